The molecule has 1 atom stereocenters. The van der Waals surface area contributed by atoms with Gasteiger partial charge >= 0.3 is 0 Å². The Bertz CT molecular complexity index is 421. The molecule has 92 valence electrons. The summed E-state index contributed by atoms with van der Waals surface area (Å²) in [7, 11) is 0. The van der Waals surface area contributed by atoms with E-state index < -0.39 is 0 Å². The Morgan fingerprint density at radius 2 is 2.12 bits per heavy atom. The fraction of sp³-hybridized carbons (Fsp3) is 0.417. The van der Waals surface area contributed by atoms with Crippen molar-refractivity contribution in [3.8, 4) is 0 Å². The zero-order valence-electron chi connectivity index (χ0n) is 9.45. The number of hydrogen-bond acceptors (Lipinski definition) is 3. The molecular formula is C12H13Cl2NOS. The van der Waals surface area contributed by atoms with E-state index in [1.807, 2.05) is 31.2 Å². The minimum Gasteiger partial charge on any atom is -0.387 e. The van der Waals surface area contributed by atoms with Crippen LogP contribution in [0.5, 0.6) is 0 Å². The summed E-state index contributed by atoms with van der Waals surface area (Å²) in [4.78, 5) is 5.32. The van der Waals surface area contributed by atoms with Crippen LogP contribution in [0.4, 0.5) is 0 Å². The molecule has 1 aliphatic rings. The van der Waals surface area contributed by atoms with Gasteiger partial charge in [-0.05, 0) is 24.6 Å². The molecule has 1 unspecified atom stereocenters. The number of nitrogens with zero attached hydrogens (tertiary/aromatic N) is 1. The highest BCUT2D eigenvalue weighted by Crippen LogP contribution is 2.30. The third-order valence-electron chi connectivity index (χ3n) is 2.49. The molecule has 1 heterocycles. The van der Waals surface area contributed by atoms with E-state index in [2.05, 4.69) is 5.16 Å². The van der Waals surface area contributed by atoms with Gasteiger partial charge in [-0.3, -0.25) is 0 Å². The van der Waals surface area contributed by atoms with Crippen molar-refractivity contribution >= 4 is 40.0 Å². The minimum absolute atomic E-state index is 0.329. The maximum Gasteiger partial charge on any atom is 0.154 e. The first kappa shape index (κ1) is 13.1. The van der Waals surface area contributed by atoms with Crippen molar-refractivity contribution in [1.82, 2.24) is 0 Å². The fourth-order valence-corrected chi connectivity index (χ4v) is 2.73. The number of thioether (sulfide) groups is 1. The molecule has 1 aliphatic heterocycles. The van der Waals surface area contributed by atoms with Crippen LogP contribution in [0.3, 0.4) is 0 Å². The molecule has 0 saturated carbocycles. The Morgan fingerprint density at radius 1 is 1.41 bits per heavy atom. The predicted molar refractivity (Wildman–Crippen MR) is 75.0 cm³/mol. The molecule has 1 aromatic carbocycles. The number of halogens is 2. The van der Waals surface area contributed by atoms with Crippen molar-refractivity contribution in [2.24, 2.45) is 5.16 Å². The molecule has 0 bridgehead atoms. The van der Waals surface area contributed by atoms with Crippen LogP contribution in [0.25, 0.3) is 0 Å². The quantitative estimate of drug-likeness (QED) is 0.774. The maximum absolute atomic E-state index is 5.83. The second-order valence-corrected chi connectivity index (χ2v) is 6.00. The monoisotopic (exact) mass is 289 g/mol. The van der Waals surface area contributed by atoms with Crippen molar-refractivity contribution in [3.05, 3.63) is 34.9 Å². The number of benzene rings is 1. The van der Waals surface area contributed by atoms with Gasteiger partial charge in [0.15, 0.2) is 5.60 Å². The zero-order chi connectivity index (χ0) is 12.3. The van der Waals surface area contributed by atoms with Crippen LogP contribution in [-0.4, -0.2) is 16.5 Å². The number of hydrogen-bond donors (Lipinski definition) is 0. The van der Waals surface area contributed by atoms with Crippen molar-refractivity contribution in [2.75, 3.05) is 5.88 Å². The molecular weight excluding hydrogens is 277 g/mol. The van der Waals surface area contributed by atoms with Gasteiger partial charge in [0.05, 0.1) is 5.88 Å². The van der Waals surface area contributed by atoms with Gasteiger partial charge in [-0.15, -0.1) is 23.4 Å². The lowest BCUT2D eigenvalue weighted by Crippen LogP contribution is -2.26. The van der Waals surface area contributed by atoms with E-state index >= 15 is 0 Å². The van der Waals surface area contributed by atoms with E-state index in [0.717, 1.165) is 22.2 Å². The molecule has 5 heteroatoms. The SMILES string of the molecule is CC1(CCl)CC(SCc2ccc(Cl)cc2)=NO1. The maximum atomic E-state index is 5.83. The van der Waals surface area contributed by atoms with Crippen molar-refractivity contribution in [2.45, 2.75) is 24.7 Å². The van der Waals surface area contributed by atoms with Crippen LogP contribution < -0.4 is 0 Å². The van der Waals surface area contributed by atoms with Crippen LogP contribution in [-0.2, 0) is 10.6 Å². The number of rotatable bonds is 3. The lowest BCUT2D eigenvalue weighted by molar-refractivity contribution is 0.0152. The molecule has 0 fully saturated rings. The summed E-state index contributed by atoms with van der Waals surface area (Å²) in [5, 5.41) is 5.82. The number of oxime groups is 1. The van der Waals surface area contributed by atoms with Crippen LogP contribution >= 0.6 is 35.0 Å². The highest BCUT2D eigenvalue weighted by atomic mass is 35.5. The van der Waals surface area contributed by atoms with Gasteiger partial charge < -0.3 is 4.84 Å². The highest BCUT2D eigenvalue weighted by Gasteiger charge is 2.33. The summed E-state index contributed by atoms with van der Waals surface area (Å²) >= 11 is 13.3. The summed E-state index contributed by atoms with van der Waals surface area (Å²) in [5.74, 6) is 1.33. The zero-order valence-corrected chi connectivity index (χ0v) is 11.8. The van der Waals surface area contributed by atoms with Crippen LogP contribution in [0, 0.1) is 0 Å². The fourth-order valence-electron chi connectivity index (χ4n) is 1.44. The van der Waals surface area contributed by atoms with E-state index in [-0.39, 0.29) is 5.60 Å². The molecule has 0 aromatic heterocycles. The van der Waals surface area contributed by atoms with Gasteiger partial charge in [-0.2, -0.15) is 0 Å². The summed E-state index contributed by atoms with van der Waals surface area (Å²) in [6.45, 7) is 1.97. The highest BCUT2D eigenvalue weighted by molar-refractivity contribution is 8.13. The molecule has 0 N–H and O–H groups in total. The lowest BCUT2D eigenvalue weighted by Gasteiger charge is -2.16. The van der Waals surface area contributed by atoms with Gasteiger partial charge in [0.1, 0.15) is 5.04 Å². The first-order chi connectivity index (χ1) is 8.11. The molecule has 2 nitrogen and oxygen atoms in total. The largest absolute Gasteiger partial charge is 0.387 e. The Kier molecular flexibility index (Phi) is 4.23. The van der Waals surface area contributed by atoms with Gasteiger partial charge in [0.2, 0.25) is 0 Å². The summed E-state index contributed by atoms with van der Waals surface area (Å²) in [5.41, 5.74) is 0.894. The Labute approximate surface area is 115 Å². The topological polar surface area (TPSA) is 21.6 Å². The Morgan fingerprint density at radius 3 is 2.71 bits per heavy atom. The average molecular weight is 290 g/mol. The molecule has 0 radical (unpaired) electrons. The third-order valence-corrected chi connectivity index (χ3v) is 4.34. The molecule has 0 spiro atoms. The molecule has 2 rings (SSSR count). The average Bonchev–Trinajstić information content (AvgIpc) is 2.72. The molecule has 0 aliphatic carbocycles. The molecule has 17 heavy (non-hydrogen) atoms. The summed E-state index contributed by atoms with van der Waals surface area (Å²) in [6, 6.07) is 7.83. The van der Waals surface area contributed by atoms with Gasteiger partial charge in [-0.1, -0.05) is 28.9 Å². The van der Waals surface area contributed by atoms with E-state index in [9.17, 15) is 0 Å². The van der Waals surface area contributed by atoms with E-state index in [1.54, 1.807) is 11.8 Å². The second kappa shape index (κ2) is 5.51. The summed E-state index contributed by atoms with van der Waals surface area (Å²) in [6.07, 6.45) is 0.786. The first-order valence-electron chi connectivity index (χ1n) is 5.29. The van der Waals surface area contributed by atoms with Gasteiger partial charge in [0, 0.05) is 17.2 Å². The van der Waals surface area contributed by atoms with Crippen molar-refractivity contribution in [1.29, 1.82) is 0 Å². The molecule has 1 aromatic rings. The standard InChI is InChI=1S/C12H13Cl2NOS/c1-12(8-13)6-11(15-16-12)17-7-9-2-4-10(14)5-3-9/h2-5H,6-8H2,1H3. The van der Waals surface area contributed by atoms with Crippen LogP contribution in [0.2, 0.25) is 5.02 Å². The lowest BCUT2D eigenvalue weighted by atomic mass is 10.1. The smallest absolute Gasteiger partial charge is 0.154 e. The predicted octanol–water partition coefficient (Wildman–Crippen LogP) is 4.30. The second-order valence-electron chi connectivity index (χ2n) is 4.25. The third kappa shape index (κ3) is 3.54. The van der Waals surface area contributed by atoms with Crippen LogP contribution in [0.15, 0.2) is 29.4 Å². The van der Waals surface area contributed by atoms with E-state index in [1.165, 1.54) is 5.56 Å². The number of alkyl halides is 1. The summed E-state index contributed by atoms with van der Waals surface area (Å²) < 4.78 is 0. The molecule has 0 saturated heterocycles. The minimum atomic E-state index is -0.329. The normalized spacial score (nSPS) is 23.4. The van der Waals surface area contributed by atoms with E-state index in [0.29, 0.717) is 5.88 Å². The van der Waals surface area contributed by atoms with Gasteiger partial charge in [-0.25, -0.2) is 0 Å². The van der Waals surface area contributed by atoms with Crippen molar-refractivity contribution in [3.63, 3.8) is 0 Å². The van der Waals surface area contributed by atoms with Crippen molar-refractivity contribution < 1.29 is 4.84 Å². The van der Waals surface area contributed by atoms with E-state index in [4.69, 9.17) is 28.0 Å². The first-order valence-corrected chi connectivity index (χ1v) is 7.19. The Balaban J connectivity index is 1.86. The molecule has 0 amide bonds. The van der Waals surface area contributed by atoms with Gasteiger partial charge in [0.25, 0.3) is 0 Å². The Hall–Kier alpha value is -0.380. The van der Waals surface area contributed by atoms with Crippen LogP contribution in [0.1, 0.15) is 18.9 Å².